The second kappa shape index (κ2) is 6.26. The van der Waals surface area contributed by atoms with Gasteiger partial charge in [0.15, 0.2) is 0 Å². The quantitative estimate of drug-likeness (QED) is 0.563. The van der Waals surface area contributed by atoms with Crippen LogP contribution in [0.15, 0.2) is 24.4 Å². The number of nitrogens with one attached hydrogen (secondary N) is 2. The smallest absolute Gasteiger partial charge is 0.319 e. The summed E-state index contributed by atoms with van der Waals surface area (Å²) in [6, 6.07) is 3.06. The summed E-state index contributed by atoms with van der Waals surface area (Å²) in [4.78, 5) is 21.6. The van der Waals surface area contributed by atoms with Gasteiger partial charge in [0.25, 0.3) is 5.91 Å². The number of H-pyrrole nitrogens is 1. The van der Waals surface area contributed by atoms with Crippen LogP contribution in [0.3, 0.4) is 0 Å². The lowest BCUT2D eigenvalue weighted by molar-refractivity contribution is -0.385. The van der Waals surface area contributed by atoms with E-state index in [1.807, 2.05) is 0 Å². The molecule has 116 valence electrons. The van der Waals surface area contributed by atoms with Crippen molar-refractivity contribution in [2.45, 2.75) is 6.10 Å². The second-order valence-corrected chi connectivity index (χ2v) is 4.25. The van der Waals surface area contributed by atoms with Crippen molar-refractivity contribution < 1.29 is 23.6 Å². The number of aromatic amines is 1. The molecule has 10 heteroatoms. The molecule has 0 saturated carbocycles. The van der Waals surface area contributed by atoms with Crippen LogP contribution in [0, 0.1) is 21.7 Å². The van der Waals surface area contributed by atoms with E-state index < -0.39 is 52.1 Å². The molecular formula is C12H10F2N4O4. The summed E-state index contributed by atoms with van der Waals surface area (Å²) in [5, 5.41) is 28.0. The fourth-order valence-corrected chi connectivity index (χ4v) is 1.79. The van der Waals surface area contributed by atoms with Gasteiger partial charge < -0.3 is 10.4 Å². The first kappa shape index (κ1) is 15.5. The maximum atomic E-state index is 13.5. The molecule has 1 atom stereocenters. The number of aliphatic hydroxyl groups is 1. The van der Waals surface area contributed by atoms with Gasteiger partial charge in [-0.3, -0.25) is 20.0 Å². The molecule has 1 aromatic carbocycles. The topological polar surface area (TPSA) is 121 Å². The lowest BCUT2D eigenvalue weighted by Gasteiger charge is -2.13. The van der Waals surface area contributed by atoms with E-state index in [4.69, 9.17) is 0 Å². The minimum atomic E-state index is -1.65. The second-order valence-electron chi connectivity index (χ2n) is 4.25. The highest BCUT2D eigenvalue weighted by Gasteiger charge is 2.24. The molecule has 1 unspecified atom stereocenters. The number of hydrogen-bond acceptors (Lipinski definition) is 5. The van der Waals surface area contributed by atoms with E-state index in [-0.39, 0.29) is 0 Å². The minimum absolute atomic E-state index is 0.425. The average Bonchev–Trinajstić information content (AvgIpc) is 2.94. The Hall–Kier alpha value is -2.88. The van der Waals surface area contributed by atoms with Crippen LogP contribution in [-0.2, 0) is 0 Å². The van der Waals surface area contributed by atoms with E-state index >= 15 is 0 Å². The largest absolute Gasteiger partial charge is 0.386 e. The Balaban J connectivity index is 2.08. The van der Waals surface area contributed by atoms with Gasteiger partial charge in [-0.1, -0.05) is 6.07 Å². The lowest BCUT2D eigenvalue weighted by Crippen LogP contribution is -2.29. The predicted molar refractivity (Wildman–Crippen MR) is 68.9 cm³/mol. The first-order valence-corrected chi connectivity index (χ1v) is 5.99. The Morgan fingerprint density at radius 2 is 2.09 bits per heavy atom. The normalized spacial score (nSPS) is 12.0. The highest BCUT2D eigenvalue weighted by Crippen LogP contribution is 2.20. The van der Waals surface area contributed by atoms with Crippen molar-refractivity contribution in [3.63, 3.8) is 0 Å². The van der Waals surface area contributed by atoms with E-state index in [2.05, 4.69) is 15.5 Å². The van der Waals surface area contributed by atoms with Gasteiger partial charge in [-0.15, -0.1) is 0 Å². The Bertz CT molecular complexity index is 699. The summed E-state index contributed by atoms with van der Waals surface area (Å²) >= 11 is 0. The van der Waals surface area contributed by atoms with Crippen molar-refractivity contribution >= 4 is 11.6 Å². The van der Waals surface area contributed by atoms with Gasteiger partial charge in [-0.25, -0.2) is 8.78 Å². The Morgan fingerprint density at radius 1 is 1.45 bits per heavy atom. The van der Waals surface area contributed by atoms with Crippen molar-refractivity contribution in [2.75, 3.05) is 6.54 Å². The number of benzene rings is 1. The van der Waals surface area contributed by atoms with Gasteiger partial charge in [-0.2, -0.15) is 5.10 Å². The minimum Gasteiger partial charge on any atom is -0.386 e. The summed E-state index contributed by atoms with van der Waals surface area (Å²) in [7, 11) is 0. The third-order valence-corrected chi connectivity index (χ3v) is 2.83. The molecule has 1 heterocycles. The summed E-state index contributed by atoms with van der Waals surface area (Å²) in [5.41, 5.74) is -1.57. The molecule has 0 radical (unpaired) electrons. The molecule has 2 rings (SSSR count). The van der Waals surface area contributed by atoms with Crippen LogP contribution in [-0.4, -0.2) is 32.7 Å². The van der Waals surface area contributed by atoms with Gasteiger partial charge in [0.2, 0.25) is 5.69 Å². The van der Waals surface area contributed by atoms with Crippen LogP contribution in [0.1, 0.15) is 22.2 Å². The lowest BCUT2D eigenvalue weighted by atomic mass is 10.1. The number of aliphatic hydroxyl groups excluding tert-OH is 1. The van der Waals surface area contributed by atoms with Crippen molar-refractivity contribution in [3.8, 4) is 0 Å². The van der Waals surface area contributed by atoms with Crippen molar-refractivity contribution in [3.05, 3.63) is 57.4 Å². The van der Waals surface area contributed by atoms with Crippen LogP contribution in [0.2, 0.25) is 0 Å². The molecule has 0 bridgehead atoms. The molecular weight excluding hydrogens is 302 g/mol. The number of hydrogen-bond donors (Lipinski definition) is 3. The first-order chi connectivity index (χ1) is 10.4. The molecule has 1 amide bonds. The van der Waals surface area contributed by atoms with E-state index in [1.165, 1.54) is 0 Å². The van der Waals surface area contributed by atoms with Crippen LogP contribution >= 0.6 is 0 Å². The Kier molecular flexibility index (Phi) is 4.41. The molecule has 0 fully saturated rings. The SMILES string of the molecule is O=C(NCC(O)c1c(F)cccc1F)c1[nH]ncc1[N+](=O)[O-]. The van der Waals surface area contributed by atoms with Crippen LogP contribution in [0.4, 0.5) is 14.5 Å². The molecule has 3 N–H and O–H groups in total. The van der Waals surface area contributed by atoms with Gasteiger partial charge in [0, 0.05) is 6.54 Å². The number of halogens is 2. The standard InChI is InChI=1S/C12H10F2N4O4/c13-6-2-1-3-7(14)10(6)9(19)5-15-12(20)11-8(18(21)22)4-16-17-11/h1-4,9,19H,5H2,(H,15,20)(H,16,17). The van der Waals surface area contributed by atoms with Gasteiger partial charge in [0.05, 0.1) is 10.5 Å². The van der Waals surface area contributed by atoms with Gasteiger partial charge in [-0.05, 0) is 12.1 Å². The molecule has 8 nitrogen and oxygen atoms in total. The number of carbonyl (C=O) groups excluding carboxylic acids is 1. The molecule has 0 saturated heterocycles. The summed E-state index contributed by atoms with van der Waals surface area (Å²) in [6.45, 7) is -0.535. The predicted octanol–water partition coefficient (Wildman–Crippen LogP) is 1.06. The Labute approximate surface area is 121 Å². The highest BCUT2D eigenvalue weighted by molar-refractivity contribution is 5.95. The molecule has 0 aliphatic heterocycles. The van der Waals surface area contributed by atoms with Crippen LogP contribution in [0.5, 0.6) is 0 Å². The van der Waals surface area contributed by atoms with Crippen molar-refractivity contribution in [2.24, 2.45) is 0 Å². The number of nitrogens with zero attached hydrogens (tertiary/aromatic N) is 2. The third kappa shape index (κ3) is 3.06. The third-order valence-electron chi connectivity index (χ3n) is 2.83. The van der Waals surface area contributed by atoms with Gasteiger partial charge in [0.1, 0.15) is 23.9 Å². The van der Waals surface area contributed by atoms with E-state index in [1.54, 1.807) is 0 Å². The molecule has 0 aliphatic carbocycles. The van der Waals surface area contributed by atoms with Crippen molar-refractivity contribution in [1.82, 2.24) is 15.5 Å². The summed E-state index contributed by atoms with van der Waals surface area (Å²) in [5.74, 6) is -2.86. The molecule has 22 heavy (non-hydrogen) atoms. The fourth-order valence-electron chi connectivity index (χ4n) is 1.79. The molecule has 0 spiro atoms. The number of rotatable bonds is 5. The van der Waals surface area contributed by atoms with Crippen LogP contribution in [0.25, 0.3) is 0 Å². The number of carbonyl (C=O) groups is 1. The monoisotopic (exact) mass is 312 g/mol. The summed E-state index contributed by atoms with van der Waals surface area (Å²) < 4.78 is 26.9. The fraction of sp³-hybridized carbons (Fsp3) is 0.167. The van der Waals surface area contributed by atoms with Crippen molar-refractivity contribution in [1.29, 1.82) is 0 Å². The zero-order chi connectivity index (χ0) is 16.3. The highest BCUT2D eigenvalue weighted by atomic mass is 19.1. The summed E-state index contributed by atoms with van der Waals surface area (Å²) in [6.07, 6.45) is -0.797. The molecule has 0 aliphatic rings. The Morgan fingerprint density at radius 3 is 2.68 bits per heavy atom. The maximum absolute atomic E-state index is 13.5. The van der Waals surface area contributed by atoms with E-state index in [9.17, 15) is 28.8 Å². The van der Waals surface area contributed by atoms with Crippen LogP contribution < -0.4 is 5.32 Å². The van der Waals surface area contributed by atoms with E-state index in [0.717, 1.165) is 24.4 Å². The first-order valence-electron chi connectivity index (χ1n) is 5.99. The number of nitro groups is 1. The maximum Gasteiger partial charge on any atom is 0.319 e. The average molecular weight is 312 g/mol. The molecule has 1 aromatic heterocycles. The number of aromatic nitrogens is 2. The van der Waals surface area contributed by atoms with Gasteiger partial charge >= 0.3 is 5.69 Å². The zero-order valence-electron chi connectivity index (χ0n) is 10.9. The van der Waals surface area contributed by atoms with E-state index in [0.29, 0.717) is 0 Å². The zero-order valence-corrected chi connectivity index (χ0v) is 10.9. The number of amides is 1. The molecule has 2 aromatic rings.